The number of hydrogen-bond acceptors (Lipinski definition) is 5. The van der Waals surface area contributed by atoms with E-state index in [1.807, 2.05) is 0 Å². The van der Waals surface area contributed by atoms with Crippen LogP contribution in [0.15, 0.2) is 16.9 Å². The van der Waals surface area contributed by atoms with Crippen molar-refractivity contribution >= 4 is 28.4 Å². The van der Waals surface area contributed by atoms with E-state index in [1.54, 1.807) is 13.0 Å². The predicted octanol–water partition coefficient (Wildman–Crippen LogP) is 1.40. The van der Waals surface area contributed by atoms with E-state index in [0.717, 1.165) is 11.5 Å². The average Bonchev–Trinajstić information content (AvgIpc) is 2.70. The summed E-state index contributed by atoms with van der Waals surface area (Å²) < 4.78 is 3.88. The number of H-pyrrole nitrogens is 1. The summed E-state index contributed by atoms with van der Waals surface area (Å²) in [6.07, 6.45) is 0. The zero-order valence-electron chi connectivity index (χ0n) is 10.7. The first-order valence-corrected chi connectivity index (χ1v) is 6.38. The minimum atomic E-state index is -1.18. The fraction of sp³-hybridized carbons (Fsp3) is 0.167. The Labute approximate surface area is 117 Å². The molecule has 0 atom stereocenters. The second-order valence-corrected chi connectivity index (χ2v) is 4.89. The quantitative estimate of drug-likeness (QED) is 0.791. The Balaban J connectivity index is 2.33. The van der Waals surface area contributed by atoms with E-state index in [9.17, 15) is 14.4 Å². The number of pyridine rings is 1. The molecule has 0 radical (unpaired) electrons. The SMILES string of the molecule is Cc1ccc(C(=O)Nc2snc(C)c2C(=O)O)c(=O)[nH]1. The van der Waals surface area contributed by atoms with E-state index in [1.165, 1.54) is 13.0 Å². The van der Waals surface area contributed by atoms with Gasteiger partial charge in [0, 0.05) is 5.69 Å². The number of aryl methyl sites for hydroxylation is 2. The van der Waals surface area contributed by atoms with Gasteiger partial charge in [0.1, 0.15) is 16.1 Å². The summed E-state index contributed by atoms with van der Waals surface area (Å²) in [5.74, 6) is -1.85. The van der Waals surface area contributed by atoms with Crippen molar-refractivity contribution in [2.45, 2.75) is 13.8 Å². The van der Waals surface area contributed by atoms with E-state index in [0.29, 0.717) is 11.4 Å². The Kier molecular flexibility index (Phi) is 3.66. The number of hydrogen-bond donors (Lipinski definition) is 3. The van der Waals surface area contributed by atoms with Gasteiger partial charge in [0.25, 0.3) is 11.5 Å². The van der Waals surface area contributed by atoms with Gasteiger partial charge in [0.05, 0.1) is 5.69 Å². The molecule has 0 bridgehead atoms. The van der Waals surface area contributed by atoms with Crippen molar-refractivity contribution in [1.29, 1.82) is 0 Å². The molecule has 0 spiro atoms. The molecule has 104 valence electrons. The first kappa shape index (κ1) is 13.9. The molecule has 2 heterocycles. The number of carbonyl (C=O) groups is 2. The molecule has 2 aromatic heterocycles. The van der Waals surface area contributed by atoms with Gasteiger partial charge >= 0.3 is 5.97 Å². The Bertz CT molecular complexity index is 747. The Morgan fingerprint density at radius 2 is 2.05 bits per heavy atom. The number of nitrogens with one attached hydrogen (secondary N) is 2. The number of carboxylic acid groups (broad SMARTS) is 1. The first-order valence-electron chi connectivity index (χ1n) is 5.61. The zero-order chi connectivity index (χ0) is 14.9. The van der Waals surface area contributed by atoms with Gasteiger partial charge in [-0.25, -0.2) is 4.79 Å². The summed E-state index contributed by atoms with van der Waals surface area (Å²) in [6, 6.07) is 2.98. The minimum absolute atomic E-state index is 0.0631. The van der Waals surface area contributed by atoms with Crippen LogP contribution in [0, 0.1) is 13.8 Å². The topological polar surface area (TPSA) is 112 Å². The lowest BCUT2D eigenvalue weighted by Crippen LogP contribution is -2.23. The lowest BCUT2D eigenvalue weighted by atomic mass is 10.2. The van der Waals surface area contributed by atoms with Gasteiger partial charge in [0.15, 0.2) is 0 Å². The maximum atomic E-state index is 12.0. The van der Waals surface area contributed by atoms with Crippen LogP contribution in [0.1, 0.15) is 32.1 Å². The second kappa shape index (κ2) is 5.25. The van der Waals surface area contributed by atoms with Crippen molar-refractivity contribution in [1.82, 2.24) is 9.36 Å². The summed E-state index contributed by atoms with van der Waals surface area (Å²) >= 11 is 0.861. The Hall–Kier alpha value is -2.48. The smallest absolute Gasteiger partial charge is 0.340 e. The van der Waals surface area contributed by atoms with Gasteiger partial charge in [-0.15, -0.1) is 0 Å². The molecule has 0 fully saturated rings. The van der Waals surface area contributed by atoms with Gasteiger partial charge < -0.3 is 15.4 Å². The molecule has 0 aromatic carbocycles. The highest BCUT2D eigenvalue weighted by Crippen LogP contribution is 2.24. The van der Waals surface area contributed by atoms with Gasteiger partial charge in [-0.2, -0.15) is 4.37 Å². The molecular formula is C12H11N3O4S. The molecule has 20 heavy (non-hydrogen) atoms. The summed E-state index contributed by atoms with van der Waals surface area (Å²) in [7, 11) is 0. The van der Waals surface area contributed by atoms with Gasteiger partial charge in [0.2, 0.25) is 0 Å². The molecule has 8 heteroatoms. The molecule has 7 nitrogen and oxygen atoms in total. The first-order chi connectivity index (χ1) is 9.40. The Morgan fingerprint density at radius 3 is 2.65 bits per heavy atom. The van der Waals surface area contributed by atoms with Crippen LogP contribution in [-0.2, 0) is 0 Å². The lowest BCUT2D eigenvalue weighted by Gasteiger charge is -2.03. The van der Waals surface area contributed by atoms with Crippen LogP contribution in [0.4, 0.5) is 5.00 Å². The molecular weight excluding hydrogens is 282 g/mol. The number of amides is 1. The van der Waals surface area contributed by atoms with Gasteiger partial charge in [-0.05, 0) is 37.5 Å². The minimum Gasteiger partial charge on any atom is -0.478 e. The molecule has 0 aliphatic heterocycles. The van der Waals surface area contributed by atoms with E-state index < -0.39 is 17.4 Å². The highest BCUT2D eigenvalue weighted by atomic mass is 32.1. The molecule has 0 saturated heterocycles. The fourth-order valence-electron chi connectivity index (χ4n) is 1.63. The molecule has 0 aliphatic rings. The maximum absolute atomic E-state index is 12.0. The maximum Gasteiger partial charge on any atom is 0.340 e. The molecule has 0 aliphatic carbocycles. The third-order valence-electron chi connectivity index (χ3n) is 2.60. The summed E-state index contributed by atoms with van der Waals surface area (Å²) in [5, 5.41) is 11.6. The largest absolute Gasteiger partial charge is 0.478 e. The summed E-state index contributed by atoms with van der Waals surface area (Å²) in [6.45, 7) is 3.23. The second-order valence-electron chi connectivity index (χ2n) is 4.12. The van der Waals surface area contributed by atoms with Crippen LogP contribution < -0.4 is 10.9 Å². The van der Waals surface area contributed by atoms with E-state index in [2.05, 4.69) is 14.7 Å². The predicted molar refractivity (Wildman–Crippen MR) is 73.6 cm³/mol. The monoisotopic (exact) mass is 293 g/mol. The van der Waals surface area contributed by atoms with Crippen LogP contribution in [0.5, 0.6) is 0 Å². The number of nitrogens with zero attached hydrogens (tertiary/aromatic N) is 1. The highest BCUT2D eigenvalue weighted by Gasteiger charge is 2.20. The van der Waals surface area contributed by atoms with Crippen molar-refractivity contribution in [2.24, 2.45) is 0 Å². The normalized spacial score (nSPS) is 10.3. The zero-order valence-corrected chi connectivity index (χ0v) is 11.5. The van der Waals surface area contributed by atoms with Crippen LogP contribution >= 0.6 is 11.5 Å². The van der Waals surface area contributed by atoms with Crippen LogP contribution in [0.25, 0.3) is 0 Å². The molecule has 2 aromatic rings. The molecule has 0 saturated carbocycles. The van der Waals surface area contributed by atoms with Gasteiger partial charge in [-0.1, -0.05) is 0 Å². The van der Waals surface area contributed by atoms with Crippen molar-refractivity contribution in [2.75, 3.05) is 5.32 Å². The molecule has 1 amide bonds. The van der Waals surface area contributed by atoms with E-state index in [4.69, 9.17) is 5.11 Å². The number of anilines is 1. The third kappa shape index (κ3) is 2.59. The van der Waals surface area contributed by atoms with E-state index in [-0.39, 0.29) is 16.1 Å². The summed E-state index contributed by atoms with van der Waals surface area (Å²) in [5.41, 5.74) is 0.271. The average molecular weight is 293 g/mol. The van der Waals surface area contributed by atoms with Crippen molar-refractivity contribution in [3.05, 3.63) is 45.0 Å². The molecule has 0 unspecified atom stereocenters. The van der Waals surface area contributed by atoms with Crippen LogP contribution in [0.2, 0.25) is 0 Å². The number of rotatable bonds is 3. The molecule has 3 N–H and O–H groups in total. The number of aromatic carboxylic acids is 1. The van der Waals surface area contributed by atoms with Gasteiger partial charge in [-0.3, -0.25) is 9.59 Å². The fourth-order valence-corrected chi connectivity index (χ4v) is 2.41. The van der Waals surface area contributed by atoms with E-state index >= 15 is 0 Å². The number of carboxylic acids is 1. The number of aromatic amines is 1. The van der Waals surface area contributed by atoms with Crippen molar-refractivity contribution in [3.8, 4) is 0 Å². The highest BCUT2D eigenvalue weighted by molar-refractivity contribution is 7.11. The van der Waals surface area contributed by atoms with Crippen LogP contribution in [-0.4, -0.2) is 26.3 Å². The van der Waals surface area contributed by atoms with Crippen molar-refractivity contribution in [3.63, 3.8) is 0 Å². The standard InChI is InChI=1S/C12H11N3O4S/c1-5-3-4-7(9(16)13-5)10(17)14-11-8(12(18)19)6(2)15-20-11/h3-4H,1-2H3,(H,13,16)(H,14,17)(H,18,19). The lowest BCUT2D eigenvalue weighted by molar-refractivity contribution is 0.0697. The van der Waals surface area contributed by atoms with Crippen molar-refractivity contribution < 1.29 is 14.7 Å². The summed E-state index contributed by atoms with van der Waals surface area (Å²) in [4.78, 5) is 37.2. The molecule has 2 rings (SSSR count). The Morgan fingerprint density at radius 1 is 1.35 bits per heavy atom. The number of carbonyl (C=O) groups excluding carboxylic acids is 1. The number of aromatic nitrogens is 2. The third-order valence-corrected chi connectivity index (χ3v) is 3.46. The van der Waals surface area contributed by atoms with Crippen LogP contribution in [0.3, 0.4) is 0 Å².